The van der Waals surface area contributed by atoms with Crippen LogP contribution < -0.4 is 14.4 Å². The lowest BCUT2D eigenvalue weighted by Gasteiger charge is -2.24. The fourth-order valence-corrected chi connectivity index (χ4v) is 4.27. The number of amides is 1. The molecular formula is C22H21ClN2O4S. The molecule has 0 heterocycles. The molecule has 1 N–H and O–H groups in total. The van der Waals surface area contributed by atoms with Gasteiger partial charge in [0.25, 0.3) is 10.0 Å². The number of carbonyl (C=O) groups excluding carboxylic acids is 1. The van der Waals surface area contributed by atoms with Crippen LogP contribution in [0.2, 0.25) is 5.02 Å². The van der Waals surface area contributed by atoms with Crippen molar-refractivity contribution >= 4 is 33.2 Å². The monoisotopic (exact) mass is 444 g/mol. The lowest BCUT2D eigenvalue weighted by atomic mass is 10.3. The summed E-state index contributed by atoms with van der Waals surface area (Å²) in [4.78, 5) is 12.6. The van der Waals surface area contributed by atoms with E-state index in [9.17, 15) is 13.2 Å². The number of carbonyl (C=O) groups is 1. The Balaban J connectivity index is 1.69. The van der Waals surface area contributed by atoms with Crippen molar-refractivity contribution in [2.24, 2.45) is 0 Å². The second-order valence-corrected chi connectivity index (χ2v) is 8.61. The van der Waals surface area contributed by atoms with Gasteiger partial charge in [0.15, 0.2) is 0 Å². The molecule has 0 saturated carbocycles. The number of hydrogen-bond donors (Lipinski definition) is 1. The molecule has 0 aliphatic heterocycles. The number of benzene rings is 3. The Morgan fingerprint density at radius 1 is 0.900 bits per heavy atom. The van der Waals surface area contributed by atoms with Gasteiger partial charge in [-0.25, -0.2) is 8.42 Å². The minimum Gasteiger partial charge on any atom is -0.492 e. The Bertz CT molecular complexity index is 1060. The fraction of sp³-hybridized carbons (Fsp3) is 0.136. The first-order valence-electron chi connectivity index (χ1n) is 9.25. The SMILES string of the molecule is O=C(CN(c1ccc(Cl)cc1)S(=O)(=O)c1ccccc1)NCCOc1ccccc1. The van der Waals surface area contributed by atoms with E-state index in [4.69, 9.17) is 16.3 Å². The summed E-state index contributed by atoms with van der Waals surface area (Å²) in [7, 11) is -3.94. The summed E-state index contributed by atoms with van der Waals surface area (Å²) in [5.41, 5.74) is 0.346. The van der Waals surface area contributed by atoms with E-state index in [0.717, 1.165) is 4.31 Å². The number of ether oxygens (including phenoxy) is 1. The molecule has 6 nitrogen and oxygen atoms in total. The Morgan fingerprint density at radius 2 is 1.50 bits per heavy atom. The van der Waals surface area contributed by atoms with Crippen molar-refractivity contribution < 1.29 is 17.9 Å². The average molecular weight is 445 g/mol. The van der Waals surface area contributed by atoms with E-state index in [1.807, 2.05) is 30.3 Å². The molecule has 156 valence electrons. The van der Waals surface area contributed by atoms with Gasteiger partial charge in [-0.3, -0.25) is 9.10 Å². The van der Waals surface area contributed by atoms with Gasteiger partial charge in [-0.15, -0.1) is 0 Å². The normalized spacial score (nSPS) is 11.0. The topological polar surface area (TPSA) is 75.7 Å². The maximum Gasteiger partial charge on any atom is 0.264 e. The molecule has 0 atom stereocenters. The Labute approximate surface area is 181 Å². The van der Waals surface area contributed by atoms with Gasteiger partial charge in [0.05, 0.1) is 17.1 Å². The summed E-state index contributed by atoms with van der Waals surface area (Å²) >= 11 is 5.93. The van der Waals surface area contributed by atoms with Gasteiger partial charge in [-0.05, 0) is 48.5 Å². The van der Waals surface area contributed by atoms with E-state index >= 15 is 0 Å². The molecule has 3 aromatic carbocycles. The predicted molar refractivity (Wildman–Crippen MR) is 117 cm³/mol. The number of sulfonamides is 1. The molecule has 0 fully saturated rings. The second kappa shape index (κ2) is 10.1. The number of anilines is 1. The zero-order valence-electron chi connectivity index (χ0n) is 16.1. The molecule has 30 heavy (non-hydrogen) atoms. The summed E-state index contributed by atoms with van der Waals surface area (Å²) in [5, 5.41) is 3.16. The average Bonchev–Trinajstić information content (AvgIpc) is 2.77. The molecular weight excluding hydrogens is 424 g/mol. The summed E-state index contributed by atoms with van der Waals surface area (Å²) in [6, 6.07) is 23.5. The Morgan fingerprint density at radius 3 is 2.13 bits per heavy atom. The first-order valence-corrected chi connectivity index (χ1v) is 11.1. The first kappa shape index (κ1) is 21.7. The molecule has 0 saturated heterocycles. The predicted octanol–water partition coefficient (Wildman–Crippen LogP) is 3.73. The molecule has 0 aromatic heterocycles. The second-order valence-electron chi connectivity index (χ2n) is 6.31. The van der Waals surface area contributed by atoms with Crippen LogP contribution in [0.4, 0.5) is 5.69 Å². The van der Waals surface area contributed by atoms with E-state index in [1.54, 1.807) is 42.5 Å². The quantitative estimate of drug-likeness (QED) is 0.510. The van der Waals surface area contributed by atoms with Crippen LogP contribution in [0.1, 0.15) is 0 Å². The number of halogens is 1. The molecule has 0 spiro atoms. The molecule has 3 aromatic rings. The van der Waals surface area contributed by atoms with Gasteiger partial charge in [0, 0.05) is 5.02 Å². The molecule has 3 rings (SSSR count). The summed E-state index contributed by atoms with van der Waals surface area (Å²) in [6.07, 6.45) is 0. The summed E-state index contributed by atoms with van der Waals surface area (Å²) in [5.74, 6) is 0.252. The van der Waals surface area contributed by atoms with Crippen molar-refractivity contribution in [3.8, 4) is 5.75 Å². The van der Waals surface area contributed by atoms with E-state index in [0.29, 0.717) is 16.5 Å². The highest BCUT2D eigenvalue weighted by atomic mass is 35.5. The summed E-state index contributed by atoms with van der Waals surface area (Å²) < 4.78 is 32.9. The van der Waals surface area contributed by atoms with Crippen LogP contribution in [0.3, 0.4) is 0 Å². The molecule has 0 unspecified atom stereocenters. The maximum atomic E-state index is 13.2. The molecule has 1 amide bonds. The van der Waals surface area contributed by atoms with Crippen LogP contribution in [-0.4, -0.2) is 34.0 Å². The number of nitrogens with zero attached hydrogens (tertiary/aromatic N) is 1. The highest BCUT2D eigenvalue weighted by Crippen LogP contribution is 2.25. The van der Waals surface area contributed by atoms with Crippen molar-refractivity contribution in [3.63, 3.8) is 0 Å². The molecule has 0 aliphatic rings. The lowest BCUT2D eigenvalue weighted by molar-refractivity contribution is -0.119. The largest absolute Gasteiger partial charge is 0.492 e. The molecule has 0 radical (unpaired) electrons. The molecule has 0 aliphatic carbocycles. The number of para-hydroxylation sites is 1. The van der Waals surface area contributed by atoms with E-state index < -0.39 is 15.9 Å². The van der Waals surface area contributed by atoms with Crippen LogP contribution in [0.25, 0.3) is 0 Å². The highest BCUT2D eigenvalue weighted by Gasteiger charge is 2.26. The van der Waals surface area contributed by atoms with Crippen molar-refractivity contribution in [3.05, 3.63) is 90.0 Å². The van der Waals surface area contributed by atoms with Gasteiger partial charge in [0.1, 0.15) is 18.9 Å². The van der Waals surface area contributed by atoms with Gasteiger partial charge >= 0.3 is 0 Å². The van der Waals surface area contributed by atoms with Crippen LogP contribution >= 0.6 is 11.6 Å². The zero-order chi connectivity index (χ0) is 21.4. The van der Waals surface area contributed by atoms with E-state index in [-0.39, 0.29) is 24.6 Å². The van der Waals surface area contributed by atoms with Crippen LogP contribution in [0.5, 0.6) is 5.75 Å². The van der Waals surface area contributed by atoms with Gasteiger partial charge in [-0.2, -0.15) is 0 Å². The van der Waals surface area contributed by atoms with Crippen molar-refractivity contribution in [2.45, 2.75) is 4.90 Å². The van der Waals surface area contributed by atoms with Crippen LogP contribution in [-0.2, 0) is 14.8 Å². The minimum absolute atomic E-state index is 0.0974. The van der Waals surface area contributed by atoms with Crippen LogP contribution in [0.15, 0.2) is 89.8 Å². The standard InChI is InChI=1S/C22H21ClN2O4S/c23-18-11-13-19(14-12-18)25(30(27,28)21-9-5-2-6-10-21)17-22(26)24-15-16-29-20-7-3-1-4-8-20/h1-14H,15-17H2,(H,24,26). The third-order valence-electron chi connectivity index (χ3n) is 4.17. The molecule has 0 bridgehead atoms. The minimum atomic E-state index is -3.94. The first-order chi connectivity index (χ1) is 14.5. The Hall–Kier alpha value is -3.03. The molecule has 8 heteroatoms. The third kappa shape index (κ3) is 5.75. The van der Waals surface area contributed by atoms with Crippen molar-refractivity contribution in [1.29, 1.82) is 0 Å². The van der Waals surface area contributed by atoms with Crippen molar-refractivity contribution in [2.75, 3.05) is 24.0 Å². The number of nitrogens with one attached hydrogen (secondary N) is 1. The zero-order valence-corrected chi connectivity index (χ0v) is 17.6. The van der Waals surface area contributed by atoms with E-state index in [2.05, 4.69) is 5.32 Å². The smallest absolute Gasteiger partial charge is 0.264 e. The van der Waals surface area contributed by atoms with Gasteiger partial charge in [-0.1, -0.05) is 48.0 Å². The summed E-state index contributed by atoms with van der Waals surface area (Å²) in [6.45, 7) is 0.139. The van der Waals surface area contributed by atoms with Crippen LogP contribution in [0, 0.1) is 0 Å². The van der Waals surface area contributed by atoms with Gasteiger partial charge in [0.2, 0.25) is 5.91 Å². The van der Waals surface area contributed by atoms with E-state index in [1.165, 1.54) is 12.1 Å². The lowest BCUT2D eigenvalue weighted by Crippen LogP contribution is -2.41. The number of hydrogen-bond acceptors (Lipinski definition) is 4. The maximum absolute atomic E-state index is 13.2. The van der Waals surface area contributed by atoms with Gasteiger partial charge < -0.3 is 10.1 Å². The van der Waals surface area contributed by atoms with Crippen molar-refractivity contribution in [1.82, 2.24) is 5.32 Å². The highest BCUT2D eigenvalue weighted by molar-refractivity contribution is 7.92. The number of rotatable bonds is 9. The Kier molecular flexibility index (Phi) is 7.32. The fourth-order valence-electron chi connectivity index (χ4n) is 2.70. The third-order valence-corrected chi connectivity index (χ3v) is 6.21.